The Bertz CT molecular complexity index is 1160. The Labute approximate surface area is 262 Å². The van der Waals surface area contributed by atoms with Crippen LogP contribution in [0.15, 0.2) is 50.0 Å². The number of halogens is 2. The molecule has 6 nitrogen and oxygen atoms in total. The van der Waals surface area contributed by atoms with Crippen LogP contribution in [0.25, 0.3) is 0 Å². The molecule has 0 spiro atoms. The lowest BCUT2D eigenvalue weighted by molar-refractivity contribution is -0.0213. The van der Waals surface area contributed by atoms with Gasteiger partial charge in [-0.1, -0.05) is 82.4 Å². The number of hydrogen-bond donors (Lipinski definition) is 0. The molecular formula is C32H45Br2O6P. The molecule has 0 saturated heterocycles. The fourth-order valence-corrected chi connectivity index (χ4v) is 9.35. The van der Waals surface area contributed by atoms with E-state index in [9.17, 15) is 4.79 Å². The first-order chi connectivity index (χ1) is 19.4. The van der Waals surface area contributed by atoms with Crippen molar-refractivity contribution in [2.45, 2.75) is 98.1 Å². The van der Waals surface area contributed by atoms with Gasteiger partial charge in [-0.15, -0.1) is 0 Å². The van der Waals surface area contributed by atoms with Crippen LogP contribution in [-0.4, -0.2) is 18.2 Å². The van der Waals surface area contributed by atoms with Gasteiger partial charge in [-0.3, -0.25) is 4.57 Å². The van der Waals surface area contributed by atoms with E-state index < -0.39 is 19.4 Å². The van der Waals surface area contributed by atoms with E-state index >= 15 is 4.57 Å². The Kier molecular flexibility index (Phi) is 11.5. The summed E-state index contributed by atoms with van der Waals surface area (Å²) < 4.78 is 41.9. The van der Waals surface area contributed by atoms with Gasteiger partial charge in [-0.25, -0.2) is 4.79 Å². The second kappa shape index (κ2) is 14.2. The van der Waals surface area contributed by atoms with Crippen LogP contribution in [-0.2, 0) is 18.3 Å². The molecule has 0 radical (unpaired) electrons. The minimum absolute atomic E-state index is 0.0169. The highest BCUT2D eigenvalue weighted by molar-refractivity contribution is 9.10. The van der Waals surface area contributed by atoms with E-state index in [-0.39, 0.29) is 29.8 Å². The van der Waals surface area contributed by atoms with E-state index in [1.54, 1.807) is 6.07 Å². The number of hydrogen-bond acceptors (Lipinski definition) is 6. The molecule has 2 aliphatic carbocycles. The summed E-state index contributed by atoms with van der Waals surface area (Å²) in [5, 5.41) is 0. The summed E-state index contributed by atoms with van der Waals surface area (Å²) in [5.74, 6) is 0.109. The van der Waals surface area contributed by atoms with E-state index in [0.717, 1.165) is 43.0 Å². The van der Waals surface area contributed by atoms with Crippen LogP contribution in [0.4, 0.5) is 0 Å². The molecule has 1 aromatic heterocycles. The van der Waals surface area contributed by atoms with Crippen LogP contribution in [0.3, 0.4) is 0 Å². The third-order valence-electron chi connectivity index (χ3n) is 8.92. The first kappa shape index (κ1) is 33.0. The highest BCUT2D eigenvalue weighted by atomic mass is 79.9. The molecule has 2 aromatic rings. The third-order valence-corrected chi connectivity index (χ3v) is 12.0. The lowest BCUT2D eigenvalue weighted by atomic mass is 9.75. The number of carbonyl (C=O) groups excluding carboxylic acids is 1. The molecule has 0 N–H and O–H groups in total. The van der Waals surface area contributed by atoms with Gasteiger partial charge in [0.2, 0.25) is 11.6 Å². The van der Waals surface area contributed by atoms with Gasteiger partial charge < -0.3 is 18.2 Å². The van der Waals surface area contributed by atoms with Crippen LogP contribution >= 0.6 is 39.5 Å². The fourth-order valence-electron chi connectivity index (χ4n) is 6.51. The second-order valence-electron chi connectivity index (χ2n) is 12.9. The van der Waals surface area contributed by atoms with Gasteiger partial charge in [0.1, 0.15) is 0 Å². The van der Waals surface area contributed by atoms with Crippen molar-refractivity contribution in [3.63, 3.8) is 0 Å². The van der Waals surface area contributed by atoms with Crippen molar-refractivity contribution in [2.75, 3.05) is 0 Å². The van der Waals surface area contributed by atoms with Crippen LogP contribution < -0.4 is 0 Å². The lowest BCUT2D eigenvalue weighted by Gasteiger charge is -2.43. The Hall–Kier alpha value is -0.920. The predicted molar refractivity (Wildman–Crippen MR) is 169 cm³/mol. The number of carbonyl (C=O) groups is 1. The molecule has 1 heterocycles. The van der Waals surface area contributed by atoms with Gasteiger partial charge in [0.15, 0.2) is 4.67 Å². The summed E-state index contributed by atoms with van der Waals surface area (Å²) in [6, 6.07) is 10.5. The number of esters is 1. The molecule has 0 aliphatic heterocycles. The highest BCUT2D eigenvalue weighted by Crippen LogP contribution is 2.66. The summed E-state index contributed by atoms with van der Waals surface area (Å²) in [5.41, 5.74) is 0.561. The number of furan rings is 1. The summed E-state index contributed by atoms with van der Waals surface area (Å²) in [4.78, 5) is 13.4. The first-order valence-corrected chi connectivity index (χ1v) is 18.2. The van der Waals surface area contributed by atoms with Crippen LogP contribution in [0.1, 0.15) is 102 Å². The number of ether oxygens (including phenoxy) is 1. The summed E-state index contributed by atoms with van der Waals surface area (Å²) in [6.45, 7) is 13.2. The maximum absolute atomic E-state index is 15.5. The maximum atomic E-state index is 15.5. The largest absolute Gasteiger partial charge is 0.442 e. The van der Waals surface area contributed by atoms with E-state index in [0.29, 0.717) is 33.9 Å². The number of benzene rings is 1. The molecule has 7 atom stereocenters. The molecule has 7 unspecified atom stereocenters. The van der Waals surface area contributed by atoms with Crippen LogP contribution in [0.5, 0.6) is 0 Å². The van der Waals surface area contributed by atoms with Crippen molar-refractivity contribution in [3.05, 3.63) is 56.9 Å². The predicted octanol–water partition coefficient (Wildman–Crippen LogP) is 10.8. The minimum Gasteiger partial charge on any atom is -0.442 e. The van der Waals surface area contributed by atoms with Gasteiger partial charge in [0.05, 0.1) is 12.2 Å². The van der Waals surface area contributed by atoms with Gasteiger partial charge >= 0.3 is 13.6 Å². The Morgan fingerprint density at radius 1 is 0.829 bits per heavy atom. The Morgan fingerprint density at radius 3 is 1.78 bits per heavy atom. The zero-order chi connectivity index (χ0) is 29.9. The van der Waals surface area contributed by atoms with Crippen molar-refractivity contribution >= 4 is 45.4 Å². The van der Waals surface area contributed by atoms with Crippen molar-refractivity contribution in [1.82, 2.24) is 0 Å². The summed E-state index contributed by atoms with van der Waals surface area (Å²) >= 11 is 6.75. The molecule has 4 rings (SSSR count). The summed E-state index contributed by atoms with van der Waals surface area (Å²) in [6.07, 6.45) is 5.27. The maximum Gasteiger partial charge on any atom is 0.376 e. The second-order valence-corrected chi connectivity index (χ2v) is 16.6. The highest BCUT2D eigenvalue weighted by Gasteiger charge is 2.49. The van der Waals surface area contributed by atoms with Crippen molar-refractivity contribution in [2.24, 2.45) is 35.5 Å². The Balaban J connectivity index is 1.79. The molecule has 9 heteroatoms. The molecule has 2 fully saturated rings. The van der Waals surface area contributed by atoms with Crippen LogP contribution in [0, 0.1) is 35.5 Å². The number of rotatable bonds is 10. The Morgan fingerprint density at radius 2 is 1.34 bits per heavy atom. The topological polar surface area (TPSA) is 75.0 Å². The SMILES string of the molecule is CC1CCC(C(C)C)C(OP(=O)(OC2CC(C)CCC2C(C)C)C(OC(=O)c2ccc(Br)o2)c2ccc(Br)cc2)C1. The standard InChI is InChI=1S/C32H45Br2O6P/c1-19(2)25-13-7-21(5)17-28(25)39-41(36,40-29-18-22(6)8-14-26(29)20(3)4)32(23-9-11-24(33)12-10-23)38-31(35)27-15-16-30(34)37-27/h9-12,15-16,19-22,25-26,28-29,32H,7-8,13-14,17-18H2,1-6H3. The molecule has 0 amide bonds. The van der Waals surface area contributed by atoms with E-state index in [4.69, 9.17) is 18.2 Å². The van der Waals surface area contributed by atoms with Crippen molar-refractivity contribution in [3.8, 4) is 0 Å². The third kappa shape index (κ3) is 8.38. The van der Waals surface area contributed by atoms with Gasteiger partial charge in [0.25, 0.3) is 0 Å². The minimum atomic E-state index is -4.09. The quantitative estimate of drug-likeness (QED) is 0.180. The smallest absolute Gasteiger partial charge is 0.376 e. The molecule has 228 valence electrons. The molecule has 2 saturated carbocycles. The fraction of sp³-hybridized carbons (Fsp3) is 0.656. The lowest BCUT2D eigenvalue weighted by Crippen LogP contribution is -2.37. The molecular weight excluding hydrogens is 671 g/mol. The van der Waals surface area contributed by atoms with Gasteiger partial charge in [0, 0.05) is 10.0 Å². The van der Waals surface area contributed by atoms with Crippen molar-refractivity contribution in [1.29, 1.82) is 0 Å². The molecule has 0 bridgehead atoms. The molecule has 1 aromatic carbocycles. The first-order valence-electron chi connectivity index (χ1n) is 15.0. The van der Waals surface area contributed by atoms with E-state index in [2.05, 4.69) is 73.4 Å². The molecule has 2 aliphatic rings. The zero-order valence-corrected chi connectivity index (χ0v) is 29.1. The van der Waals surface area contributed by atoms with E-state index in [1.165, 1.54) is 6.07 Å². The van der Waals surface area contributed by atoms with Gasteiger partial charge in [-0.2, -0.15) is 0 Å². The van der Waals surface area contributed by atoms with Gasteiger partial charge in [-0.05, 0) is 101 Å². The monoisotopic (exact) mass is 714 g/mol. The zero-order valence-electron chi connectivity index (χ0n) is 25.1. The van der Waals surface area contributed by atoms with E-state index in [1.807, 2.05) is 24.3 Å². The molecule has 41 heavy (non-hydrogen) atoms. The average molecular weight is 716 g/mol. The van der Waals surface area contributed by atoms with Crippen LogP contribution in [0.2, 0.25) is 0 Å². The normalized spacial score (nSPS) is 29.3. The summed E-state index contributed by atoms with van der Waals surface area (Å²) in [7, 11) is -4.09. The van der Waals surface area contributed by atoms with Crippen molar-refractivity contribution < 1.29 is 27.6 Å². The average Bonchev–Trinajstić information content (AvgIpc) is 3.34.